The molecule has 2 N–H and O–H groups in total. The number of aliphatic imine (C=N–C) groups is 1. The van der Waals surface area contributed by atoms with Crippen LogP contribution >= 0.6 is 0 Å². The number of nitrogens with one attached hydrogen (secondary N) is 2. The van der Waals surface area contributed by atoms with E-state index in [0.717, 1.165) is 44.9 Å². The van der Waals surface area contributed by atoms with Crippen LogP contribution in [0.15, 0.2) is 29.3 Å². The highest BCUT2D eigenvalue weighted by Crippen LogP contribution is 2.29. The van der Waals surface area contributed by atoms with Gasteiger partial charge in [0.05, 0.1) is 5.56 Å². The number of benzene rings is 1. The van der Waals surface area contributed by atoms with Crippen LogP contribution in [0.5, 0.6) is 0 Å². The van der Waals surface area contributed by atoms with Crippen LogP contribution in [0, 0.1) is 0 Å². The molecule has 1 heterocycles. The van der Waals surface area contributed by atoms with Crippen LogP contribution in [0.1, 0.15) is 18.1 Å². The van der Waals surface area contributed by atoms with Crippen LogP contribution in [0.3, 0.4) is 0 Å². The molecule has 146 valence electrons. The highest BCUT2D eigenvalue weighted by Gasteiger charge is 2.30. The standard InChI is InChI=1S/C18H28F3N5/c1-14(26-9-7-25(3)8-10-26)12-23-17(22-2)24-13-15-5-4-6-16(11-15)18(19,20)21/h4-6,11,14H,7-10,12-13H2,1-3H3,(H2,22,23,24). The van der Waals surface area contributed by atoms with E-state index in [-0.39, 0.29) is 6.54 Å². The molecule has 0 radical (unpaired) electrons. The fraction of sp³-hybridized carbons (Fsp3) is 0.611. The summed E-state index contributed by atoms with van der Waals surface area (Å²) < 4.78 is 38.3. The van der Waals surface area contributed by atoms with Crippen molar-refractivity contribution in [2.75, 3.05) is 46.8 Å². The summed E-state index contributed by atoms with van der Waals surface area (Å²) in [5, 5.41) is 6.33. The van der Waals surface area contributed by atoms with Crippen LogP contribution in [-0.4, -0.2) is 68.6 Å². The molecule has 1 aromatic carbocycles. The fourth-order valence-corrected chi connectivity index (χ4v) is 2.90. The Hall–Kier alpha value is -1.80. The first kappa shape index (κ1) is 20.5. The number of halogens is 3. The van der Waals surface area contributed by atoms with Gasteiger partial charge in [-0.05, 0) is 31.7 Å². The van der Waals surface area contributed by atoms with Crippen LogP contribution in [-0.2, 0) is 12.7 Å². The summed E-state index contributed by atoms with van der Waals surface area (Å²) in [4.78, 5) is 8.88. The minimum absolute atomic E-state index is 0.284. The fourth-order valence-electron chi connectivity index (χ4n) is 2.90. The largest absolute Gasteiger partial charge is 0.416 e. The Balaban J connectivity index is 1.81. The van der Waals surface area contributed by atoms with Gasteiger partial charge >= 0.3 is 6.18 Å². The molecular formula is C18H28F3N5. The molecule has 0 bridgehead atoms. The van der Waals surface area contributed by atoms with E-state index in [2.05, 4.69) is 39.4 Å². The van der Waals surface area contributed by atoms with Crippen molar-refractivity contribution in [3.05, 3.63) is 35.4 Å². The lowest BCUT2D eigenvalue weighted by Crippen LogP contribution is -2.52. The van der Waals surface area contributed by atoms with E-state index >= 15 is 0 Å². The molecule has 2 rings (SSSR count). The second kappa shape index (κ2) is 9.23. The van der Waals surface area contributed by atoms with Crippen LogP contribution in [0.2, 0.25) is 0 Å². The third-order valence-electron chi connectivity index (χ3n) is 4.66. The third-order valence-corrected chi connectivity index (χ3v) is 4.66. The third kappa shape index (κ3) is 6.17. The Morgan fingerprint density at radius 1 is 1.19 bits per heavy atom. The Bertz CT molecular complexity index is 595. The van der Waals surface area contributed by atoms with Gasteiger partial charge in [0.15, 0.2) is 5.96 Å². The summed E-state index contributed by atoms with van der Waals surface area (Å²) in [7, 11) is 3.78. The average molecular weight is 371 g/mol. The zero-order valence-electron chi connectivity index (χ0n) is 15.6. The summed E-state index contributed by atoms with van der Waals surface area (Å²) in [5.41, 5.74) is -0.0710. The minimum atomic E-state index is -4.33. The molecule has 1 saturated heterocycles. The van der Waals surface area contributed by atoms with Gasteiger partial charge in [-0.3, -0.25) is 9.89 Å². The Morgan fingerprint density at radius 2 is 1.88 bits per heavy atom. The summed E-state index contributed by atoms with van der Waals surface area (Å²) in [5.74, 6) is 0.586. The SMILES string of the molecule is CN=C(NCc1cccc(C(F)(F)F)c1)NCC(C)N1CCN(C)CC1. The highest BCUT2D eigenvalue weighted by molar-refractivity contribution is 5.79. The van der Waals surface area contributed by atoms with Crippen molar-refractivity contribution < 1.29 is 13.2 Å². The van der Waals surface area contributed by atoms with Gasteiger partial charge in [-0.2, -0.15) is 13.2 Å². The lowest BCUT2D eigenvalue weighted by Gasteiger charge is -2.36. The maximum absolute atomic E-state index is 12.8. The molecule has 1 aliphatic rings. The van der Waals surface area contributed by atoms with Gasteiger partial charge in [-0.15, -0.1) is 0 Å². The Kier molecular flexibility index (Phi) is 7.28. The van der Waals surface area contributed by atoms with Crippen molar-refractivity contribution in [2.45, 2.75) is 25.7 Å². The normalized spacial score (nSPS) is 18.6. The quantitative estimate of drug-likeness (QED) is 0.614. The van der Waals surface area contributed by atoms with E-state index in [0.29, 0.717) is 17.6 Å². The molecule has 1 fully saturated rings. The molecule has 26 heavy (non-hydrogen) atoms. The summed E-state index contributed by atoms with van der Waals surface area (Å²) in [6.45, 7) is 7.38. The number of hydrogen-bond donors (Lipinski definition) is 2. The predicted molar refractivity (Wildman–Crippen MR) is 98.2 cm³/mol. The van der Waals surface area contributed by atoms with Crippen molar-refractivity contribution in [2.24, 2.45) is 4.99 Å². The van der Waals surface area contributed by atoms with E-state index in [4.69, 9.17) is 0 Å². The zero-order chi connectivity index (χ0) is 19.2. The molecule has 0 aliphatic carbocycles. The molecule has 0 saturated carbocycles. The molecule has 0 aromatic heterocycles. The molecule has 1 aromatic rings. The summed E-state index contributed by atoms with van der Waals surface area (Å²) >= 11 is 0. The number of alkyl halides is 3. The average Bonchev–Trinajstić information content (AvgIpc) is 2.61. The van der Waals surface area contributed by atoms with Gasteiger partial charge < -0.3 is 15.5 Å². The lowest BCUT2D eigenvalue weighted by molar-refractivity contribution is -0.137. The van der Waals surface area contributed by atoms with Crippen molar-refractivity contribution in [1.29, 1.82) is 0 Å². The number of nitrogens with zero attached hydrogens (tertiary/aromatic N) is 3. The lowest BCUT2D eigenvalue weighted by atomic mass is 10.1. The summed E-state index contributed by atoms with van der Waals surface area (Å²) in [6, 6.07) is 5.69. The van der Waals surface area contributed by atoms with Crippen LogP contribution in [0.25, 0.3) is 0 Å². The predicted octanol–water partition coefficient (Wildman–Crippen LogP) is 2.01. The van der Waals surface area contributed by atoms with Gasteiger partial charge in [-0.25, -0.2) is 0 Å². The number of piperazine rings is 1. The molecule has 1 unspecified atom stereocenters. The smallest absolute Gasteiger partial charge is 0.355 e. The molecule has 1 aliphatic heterocycles. The van der Waals surface area contributed by atoms with Crippen LogP contribution in [0.4, 0.5) is 13.2 Å². The Morgan fingerprint density at radius 3 is 2.50 bits per heavy atom. The zero-order valence-corrected chi connectivity index (χ0v) is 15.6. The first-order chi connectivity index (χ1) is 12.3. The maximum Gasteiger partial charge on any atom is 0.416 e. The molecule has 0 spiro atoms. The molecule has 5 nitrogen and oxygen atoms in total. The monoisotopic (exact) mass is 371 g/mol. The van der Waals surface area contributed by atoms with Crippen molar-refractivity contribution in [3.63, 3.8) is 0 Å². The Labute approximate surface area is 153 Å². The first-order valence-corrected chi connectivity index (χ1v) is 8.83. The van der Waals surface area contributed by atoms with Gasteiger partial charge in [0, 0.05) is 52.4 Å². The van der Waals surface area contributed by atoms with Gasteiger partial charge in [0.25, 0.3) is 0 Å². The molecule has 1 atom stereocenters. The molecule has 8 heteroatoms. The van der Waals surface area contributed by atoms with E-state index in [1.54, 1.807) is 13.1 Å². The second-order valence-corrected chi connectivity index (χ2v) is 6.69. The second-order valence-electron chi connectivity index (χ2n) is 6.69. The van der Waals surface area contributed by atoms with Gasteiger partial charge in [0.1, 0.15) is 0 Å². The highest BCUT2D eigenvalue weighted by atomic mass is 19.4. The number of hydrogen-bond acceptors (Lipinski definition) is 3. The van der Waals surface area contributed by atoms with Crippen molar-refractivity contribution >= 4 is 5.96 Å². The number of rotatable bonds is 5. The minimum Gasteiger partial charge on any atom is -0.355 e. The van der Waals surface area contributed by atoms with Gasteiger partial charge in [0.2, 0.25) is 0 Å². The molecular weight excluding hydrogens is 343 g/mol. The molecule has 0 amide bonds. The van der Waals surface area contributed by atoms with E-state index in [1.165, 1.54) is 6.07 Å². The van der Waals surface area contributed by atoms with Crippen molar-refractivity contribution in [1.82, 2.24) is 20.4 Å². The van der Waals surface area contributed by atoms with E-state index < -0.39 is 11.7 Å². The van der Waals surface area contributed by atoms with Crippen molar-refractivity contribution in [3.8, 4) is 0 Å². The number of likely N-dealkylation sites (N-methyl/N-ethyl adjacent to an activating group) is 1. The van der Waals surface area contributed by atoms with E-state index in [1.807, 2.05) is 0 Å². The van der Waals surface area contributed by atoms with Crippen LogP contribution < -0.4 is 10.6 Å². The van der Waals surface area contributed by atoms with Gasteiger partial charge in [-0.1, -0.05) is 12.1 Å². The first-order valence-electron chi connectivity index (χ1n) is 8.83. The summed E-state index contributed by atoms with van der Waals surface area (Å²) in [6.07, 6.45) is -4.33. The maximum atomic E-state index is 12.8. The topological polar surface area (TPSA) is 42.9 Å². The number of guanidine groups is 1. The van der Waals surface area contributed by atoms with E-state index in [9.17, 15) is 13.2 Å².